The van der Waals surface area contributed by atoms with Gasteiger partial charge in [-0.2, -0.15) is 0 Å². The molecular weight excluding hydrogens is 215 g/mol. The number of carbonyl (C=O) groups is 1. The summed E-state index contributed by atoms with van der Waals surface area (Å²) in [4.78, 5) is 13.0. The summed E-state index contributed by atoms with van der Waals surface area (Å²) in [5, 5.41) is 13.7. The predicted octanol–water partition coefficient (Wildman–Crippen LogP) is 0.190. The number of allylic oxidation sites excluding steroid dienone is 2. The third-order valence-electron chi connectivity index (χ3n) is 3.21. The maximum atomic E-state index is 11.7. The average Bonchev–Trinajstić information content (AvgIpc) is 2.26. The second-order valence-electron chi connectivity index (χ2n) is 4.83. The van der Waals surface area contributed by atoms with Gasteiger partial charge in [0.05, 0.1) is 0 Å². The Balaban J connectivity index is 2.28. The Morgan fingerprint density at radius 2 is 2.29 bits per heavy atom. The van der Waals surface area contributed by atoms with Crippen LogP contribution < -0.4 is 10.6 Å². The number of nitrogens with zero attached hydrogens (tertiary/aromatic N) is 1. The molecule has 1 saturated heterocycles. The molecule has 17 heavy (non-hydrogen) atoms. The van der Waals surface area contributed by atoms with Gasteiger partial charge in [-0.1, -0.05) is 18.2 Å². The molecule has 1 heterocycles. The molecule has 6 heteroatoms. The summed E-state index contributed by atoms with van der Waals surface area (Å²) in [6.07, 6.45) is 7.25. The molecule has 0 saturated carbocycles. The Labute approximate surface area is 102 Å². The molecule has 0 aromatic heterocycles. The minimum absolute atomic E-state index is 0.115. The first-order chi connectivity index (χ1) is 7.92. The zero-order valence-corrected chi connectivity index (χ0v) is 10.4. The third kappa shape index (κ3) is 2.07. The number of guanidine groups is 1. The van der Waals surface area contributed by atoms with Crippen LogP contribution in [0.5, 0.6) is 0 Å². The number of amides is 2. The van der Waals surface area contributed by atoms with Gasteiger partial charge in [0.1, 0.15) is 13.5 Å². The molecule has 0 bridgehead atoms. The van der Waals surface area contributed by atoms with E-state index >= 15 is 0 Å². The maximum Gasteiger partial charge on any atom is 0.326 e. The number of hydrogen-bond acceptors (Lipinski definition) is 2. The van der Waals surface area contributed by atoms with Crippen LogP contribution >= 0.6 is 0 Å². The number of nitrogens with one attached hydrogen (secondary N) is 3. The molecule has 1 aliphatic heterocycles. The van der Waals surface area contributed by atoms with Crippen LogP contribution in [0.25, 0.3) is 0 Å². The first kappa shape index (κ1) is 11.8. The van der Waals surface area contributed by atoms with Gasteiger partial charge in [-0.05, 0) is 24.7 Å². The van der Waals surface area contributed by atoms with Gasteiger partial charge in [-0.3, -0.25) is 10.3 Å². The van der Waals surface area contributed by atoms with Crippen molar-refractivity contribution in [3.63, 3.8) is 0 Å². The van der Waals surface area contributed by atoms with Gasteiger partial charge in [0.2, 0.25) is 5.96 Å². The van der Waals surface area contributed by atoms with Crippen molar-refractivity contribution in [2.75, 3.05) is 7.05 Å². The van der Waals surface area contributed by atoms with Gasteiger partial charge < -0.3 is 10.6 Å². The smallest absolute Gasteiger partial charge is 0.326 e. The van der Waals surface area contributed by atoms with Crippen LogP contribution in [0.15, 0.2) is 23.8 Å². The molecular formula is C11H17BN4O. The maximum absolute atomic E-state index is 11.7. The van der Waals surface area contributed by atoms with E-state index in [0.29, 0.717) is 5.82 Å². The summed E-state index contributed by atoms with van der Waals surface area (Å²) >= 11 is 0. The van der Waals surface area contributed by atoms with Crippen LogP contribution in [0.3, 0.4) is 0 Å². The Morgan fingerprint density at radius 1 is 1.59 bits per heavy atom. The number of carbonyl (C=O) groups excluding carboxylic acids is 1. The standard InChI is InChI=1S/C11H17BN4O/c1-11(7-4-3-5-8(12)6-7)14-9(13)16(2)10(17)15-11/h3-4,6,8H,5,12H2,1-2H3,(H2,13,14)(H,15,17). The number of rotatable bonds is 1. The predicted molar refractivity (Wildman–Crippen MR) is 69.7 cm³/mol. The highest BCUT2D eigenvalue weighted by Crippen LogP contribution is 2.26. The van der Waals surface area contributed by atoms with Crippen LogP contribution in [0, 0.1) is 5.41 Å². The molecule has 2 aliphatic rings. The quantitative estimate of drug-likeness (QED) is 0.565. The minimum atomic E-state index is -0.689. The van der Waals surface area contributed by atoms with Crippen molar-refractivity contribution >= 4 is 19.8 Å². The van der Waals surface area contributed by atoms with Crippen molar-refractivity contribution in [2.45, 2.75) is 24.8 Å². The van der Waals surface area contributed by atoms with Crippen LogP contribution in [0.1, 0.15) is 13.3 Å². The van der Waals surface area contributed by atoms with E-state index in [1.807, 2.05) is 13.0 Å². The molecule has 0 aromatic rings. The molecule has 0 spiro atoms. The second-order valence-corrected chi connectivity index (χ2v) is 4.83. The summed E-state index contributed by atoms with van der Waals surface area (Å²) in [6, 6.07) is -0.260. The lowest BCUT2D eigenvalue weighted by Gasteiger charge is -2.42. The zero-order valence-electron chi connectivity index (χ0n) is 10.4. The Hall–Kier alpha value is -1.72. The fraction of sp³-hybridized carbons (Fsp3) is 0.455. The normalized spacial score (nSPS) is 32.9. The molecule has 2 atom stereocenters. The molecule has 1 aliphatic carbocycles. The lowest BCUT2D eigenvalue weighted by molar-refractivity contribution is 0.202. The highest BCUT2D eigenvalue weighted by Gasteiger charge is 2.38. The van der Waals surface area contributed by atoms with E-state index in [2.05, 4.69) is 30.6 Å². The van der Waals surface area contributed by atoms with Gasteiger partial charge in [0.15, 0.2) is 0 Å². The van der Waals surface area contributed by atoms with E-state index in [1.165, 1.54) is 4.90 Å². The molecule has 3 N–H and O–H groups in total. The average molecular weight is 232 g/mol. The van der Waals surface area contributed by atoms with Crippen LogP contribution in [-0.4, -0.2) is 37.4 Å². The van der Waals surface area contributed by atoms with Gasteiger partial charge in [-0.15, -0.1) is 0 Å². The molecule has 90 valence electrons. The molecule has 2 amide bonds. The fourth-order valence-electron chi connectivity index (χ4n) is 2.07. The Bertz CT molecular complexity index is 411. The lowest BCUT2D eigenvalue weighted by atomic mass is 9.78. The molecule has 2 unspecified atom stereocenters. The number of hydrogen-bond donors (Lipinski definition) is 3. The largest absolute Gasteiger partial charge is 0.330 e. The fourth-order valence-corrected chi connectivity index (χ4v) is 2.07. The van der Waals surface area contributed by atoms with Gasteiger partial charge in [0.25, 0.3) is 0 Å². The third-order valence-corrected chi connectivity index (χ3v) is 3.21. The molecule has 0 radical (unpaired) electrons. The first-order valence-corrected chi connectivity index (χ1v) is 5.74. The van der Waals surface area contributed by atoms with Gasteiger partial charge >= 0.3 is 6.03 Å². The Kier molecular flexibility index (Phi) is 2.73. The van der Waals surface area contributed by atoms with Crippen molar-refractivity contribution < 1.29 is 4.79 Å². The van der Waals surface area contributed by atoms with E-state index in [0.717, 1.165) is 12.0 Å². The van der Waals surface area contributed by atoms with Crippen LogP contribution in [0.2, 0.25) is 5.82 Å². The molecule has 5 nitrogen and oxygen atoms in total. The van der Waals surface area contributed by atoms with Crippen molar-refractivity contribution in [2.24, 2.45) is 0 Å². The summed E-state index contributed by atoms with van der Waals surface area (Å²) < 4.78 is 0. The van der Waals surface area contributed by atoms with E-state index < -0.39 is 5.66 Å². The Morgan fingerprint density at radius 3 is 2.88 bits per heavy atom. The van der Waals surface area contributed by atoms with E-state index in [1.54, 1.807) is 7.05 Å². The van der Waals surface area contributed by atoms with E-state index in [9.17, 15) is 4.79 Å². The van der Waals surface area contributed by atoms with Crippen molar-refractivity contribution in [1.82, 2.24) is 15.5 Å². The second kappa shape index (κ2) is 3.94. The summed E-state index contributed by atoms with van der Waals surface area (Å²) in [6.45, 7) is 1.88. The molecule has 2 rings (SSSR count). The highest BCUT2D eigenvalue weighted by molar-refractivity contribution is 6.13. The van der Waals surface area contributed by atoms with Gasteiger partial charge in [0, 0.05) is 7.05 Å². The van der Waals surface area contributed by atoms with E-state index in [4.69, 9.17) is 5.41 Å². The SMILES string of the molecule is BC1C=C(C2(C)NC(=N)N(C)C(=O)N2)C=CC1. The minimum Gasteiger partial charge on any atom is -0.330 e. The van der Waals surface area contributed by atoms with Crippen molar-refractivity contribution in [3.8, 4) is 0 Å². The summed E-state index contributed by atoms with van der Waals surface area (Å²) in [7, 11) is 3.70. The lowest BCUT2D eigenvalue weighted by Crippen LogP contribution is -2.70. The number of urea groups is 1. The first-order valence-electron chi connectivity index (χ1n) is 5.74. The molecule has 1 fully saturated rings. The van der Waals surface area contributed by atoms with Crippen molar-refractivity contribution in [3.05, 3.63) is 23.8 Å². The topological polar surface area (TPSA) is 68.2 Å². The zero-order chi connectivity index (χ0) is 12.6. The monoisotopic (exact) mass is 232 g/mol. The molecule has 0 aromatic carbocycles. The summed E-state index contributed by atoms with van der Waals surface area (Å²) in [5.74, 6) is 0.572. The van der Waals surface area contributed by atoms with Crippen LogP contribution in [-0.2, 0) is 0 Å². The summed E-state index contributed by atoms with van der Waals surface area (Å²) in [5.41, 5.74) is 0.314. The van der Waals surface area contributed by atoms with Crippen LogP contribution in [0.4, 0.5) is 4.79 Å². The van der Waals surface area contributed by atoms with E-state index in [-0.39, 0.29) is 12.0 Å². The highest BCUT2D eigenvalue weighted by atomic mass is 16.2. The van der Waals surface area contributed by atoms with Crippen molar-refractivity contribution in [1.29, 1.82) is 5.41 Å². The van der Waals surface area contributed by atoms with Gasteiger partial charge in [-0.25, -0.2) is 4.79 Å².